The summed E-state index contributed by atoms with van der Waals surface area (Å²) < 4.78 is 16.7. The van der Waals surface area contributed by atoms with Gasteiger partial charge in [0.1, 0.15) is 17.5 Å². The third-order valence-electron chi connectivity index (χ3n) is 5.86. The van der Waals surface area contributed by atoms with Gasteiger partial charge in [0.05, 0.1) is 31.4 Å². The van der Waals surface area contributed by atoms with Gasteiger partial charge in [0.2, 0.25) is 0 Å². The van der Waals surface area contributed by atoms with Gasteiger partial charge in [0, 0.05) is 24.1 Å². The molecule has 1 aromatic heterocycles. The summed E-state index contributed by atoms with van der Waals surface area (Å²) in [6, 6.07) is 9.67. The predicted molar refractivity (Wildman–Crippen MR) is 122 cm³/mol. The number of ether oxygens (including phenoxy) is 3. The molecule has 33 heavy (non-hydrogen) atoms. The van der Waals surface area contributed by atoms with Gasteiger partial charge in [0.15, 0.2) is 0 Å². The minimum atomic E-state index is -0.715. The Labute approximate surface area is 197 Å². The molecule has 2 aromatic rings. The second-order valence-electron chi connectivity index (χ2n) is 7.93. The van der Waals surface area contributed by atoms with E-state index < -0.39 is 12.0 Å². The summed E-state index contributed by atoms with van der Waals surface area (Å²) in [5.74, 6) is 0.0992. The van der Waals surface area contributed by atoms with E-state index in [1.54, 1.807) is 43.3 Å². The van der Waals surface area contributed by atoms with Crippen LogP contribution >= 0.6 is 11.6 Å². The second-order valence-corrected chi connectivity index (χ2v) is 8.32. The van der Waals surface area contributed by atoms with Gasteiger partial charge >= 0.3 is 12.0 Å². The molecule has 2 amide bonds. The van der Waals surface area contributed by atoms with Crippen LogP contribution in [0, 0.1) is 0 Å². The van der Waals surface area contributed by atoms with Crippen LogP contribution in [0.1, 0.15) is 36.9 Å². The zero-order chi connectivity index (χ0) is 23.4. The summed E-state index contributed by atoms with van der Waals surface area (Å²) in [6.45, 7) is 2.83. The number of hydrogen-bond donors (Lipinski definition) is 1. The van der Waals surface area contributed by atoms with E-state index in [0.29, 0.717) is 40.9 Å². The van der Waals surface area contributed by atoms with Crippen molar-refractivity contribution in [3.8, 4) is 5.75 Å². The highest BCUT2D eigenvalue weighted by atomic mass is 35.5. The molecule has 0 bridgehead atoms. The Morgan fingerprint density at radius 1 is 1.30 bits per heavy atom. The number of halogens is 1. The molecule has 9 heteroatoms. The van der Waals surface area contributed by atoms with Gasteiger partial charge in [-0.25, -0.2) is 14.6 Å². The smallest absolute Gasteiger partial charge is 0.338 e. The van der Waals surface area contributed by atoms with Crippen LogP contribution in [0.25, 0.3) is 0 Å². The molecule has 0 saturated carbocycles. The summed E-state index contributed by atoms with van der Waals surface area (Å²) in [7, 11) is 1.57. The highest BCUT2D eigenvalue weighted by Gasteiger charge is 2.38. The number of urea groups is 1. The van der Waals surface area contributed by atoms with Gasteiger partial charge in [-0.2, -0.15) is 0 Å². The number of nitrogens with zero attached hydrogens (tertiary/aromatic N) is 2. The van der Waals surface area contributed by atoms with E-state index >= 15 is 0 Å². The molecular formula is C24H26ClN3O5. The summed E-state index contributed by atoms with van der Waals surface area (Å²) >= 11 is 5.94. The van der Waals surface area contributed by atoms with Gasteiger partial charge in [0.25, 0.3) is 0 Å². The van der Waals surface area contributed by atoms with Crippen molar-refractivity contribution in [1.82, 2.24) is 15.2 Å². The SMILES string of the molecule is COc1ccccc1COC(=O)C1=C(C)N(C[C@H]2CCCO2)C(=O)N[C@H]1c1ccc(Cl)nc1. The average Bonchev–Trinajstić information content (AvgIpc) is 3.34. The van der Waals surface area contributed by atoms with Crippen molar-refractivity contribution in [3.63, 3.8) is 0 Å². The maximum atomic E-state index is 13.3. The molecular weight excluding hydrogens is 446 g/mol. The molecule has 1 fully saturated rings. The first-order valence-corrected chi connectivity index (χ1v) is 11.2. The lowest BCUT2D eigenvalue weighted by atomic mass is 9.96. The molecule has 1 N–H and O–H groups in total. The monoisotopic (exact) mass is 471 g/mol. The van der Waals surface area contributed by atoms with Crippen molar-refractivity contribution in [1.29, 1.82) is 0 Å². The van der Waals surface area contributed by atoms with Crippen LogP contribution in [-0.2, 0) is 20.9 Å². The third kappa shape index (κ3) is 5.12. The molecule has 8 nitrogen and oxygen atoms in total. The molecule has 4 rings (SSSR count). The lowest BCUT2D eigenvalue weighted by molar-refractivity contribution is -0.141. The van der Waals surface area contributed by atoms with Crippen molar-refractivity contribution in [2.24, 2.45) is 0 Å². The average molecular weight is 472 g/mol. The van der Waals surface area contributed by atoms with E-state index in [1.165, 1.54) is 0 Å². The number of hydrogen-bond acceptors (Lipinski definition) is 6. The lowest BCUT2D eigenvalue weighted by Gasteiger charge is -2.36. The Bertz CT molecular complexity index is 1050. The Morgan fingerprint density at radius 2 is 2.12 bits per heavy atom. The number of para-hydroxylation sites is 1. The van der Waals surface area contributed by atoms with Gasteiger partial charge in [-0.15, -0.1) is 0 Å². The normalized spacial score (nSPS) is 20.6. The first-order valence-electron chi connectivity index (χ1n) is 10.8. The van der Waals surface area contributed by atoms with E-state index in [-0.39, 0.29) is 18.7 Å². The number of carbonyl (C=O) groups is 2. The number of esters is 1. The Hall–Kier alpha value is -3.10. The van der Waals surface area contributed by atoms with E-state index in [1.807, 2.05) is 18.2 Å². The number of amides is 2. The summed E-state index contributed by atoms with van der Waals surface area (Å²) in [4.78, 5) is 32.0. The lowest BCUT2D eigenvalue weighted by Crippen LogP contribution is -2.50. The fraction of sp³-hybridized carbons (Fsp3) is 0.375. The number of aromatic nitrogens is 1. The number of rotatable bonds is 7. The van der Waals surface area contributed by atoms with Gasteiger partial charge in [-0.1, -0.05) is 35.9 Å². The van der Waals surface area contributed by atoms with Crippen molar-refractivity contribution >= 4 is 23.6 Å². The van der Waals surface area contributed by atoms with E-state index in [2.05, 4.69) is 10.3 Å². The summed E-state index contributed by atoms with van der Waals surface area (Å²) in [5.41, 5.74) is 2.24. The number of nitrogens with one attached hydrogen (secondary N) is 1. The van der Waals surface area contributed by atoms with Crippen LogP contribution in [0.3, 0.4) is 0 Å². The van der Waals surface area contributed by atoms with Crippen LogP contribution < -0.4 is 10.1 Å². The molecule has 0 radical (unpaired) electrons. The van der Waals surface area contributed by atoms with E-state index in [4.69, 9.17) is 25.8 Å². The van der Waals surface area contributed by atoms with E-state index in [9.17, 15) is 9.59 Å². The maximum absolute atomic E-state index is 13.3. The molecule has 3 heterocycles. The van der Waals surface area contributed by atoms with E-state index in [0.717, 1.165) is 18.4 Å². The van der Waals surface area contributed by atoms with Crippen molar-refractivity contribution < 1.29 is 23.8 Å². The Morgan fingerprint density at radius 3 is 2.82 bits per heavy atom. The standard InChI is InChI=1S/C24H26ClN3O5/c1-15-21(23(29)33-14-17-6-3-4-8-19(17)31-2)22(16-9-10-20(25)26-12-16)27-24(30)28(15)13-18-7-5-11-32-18/h3-4,6,8-10,12,18,22H,5,7,11,13-14H2,1-2H3,(H,27,30)/t18-,22+/m1/s1. The highest BCUT2D eigenvalue weighted by Crippen LogP contribution is 2.33. The molecule has 1 saturated heterocycles. The minimum absolute atomic E-state index is 0.0326. The predicted octanol–water partition coefficient (Wildman–Crippen LogP) is 4.01. The molecule has 2 aliphatic heterocycles. The van der Waals surface area contributed by atoms with Crippen LogP contribution in [0.2, 0.25) is 5.15 Å². The molecule has 0 unspecified atom stereocenters. The third-order valence-corrected chi connectivity index (χ3v) is 6.08. The highest BCUT2D eigenvalue weighted by molar-refractivity contribution is 6.29. The van der Waals surface area contributed by atoms with Crippen LogP contribution in [0.5, 0.6) is 5.75 Å². The fourth-order valence-electron chi connectivity index (χ4n) is 4.11. The molecule has 0 spiro atoms. The molecule has 174 valence electrons. The zero-order valence-corrected chi connectivity index (χ0v) is 19.3. The number of carbonyl (C=O) groups excluding carboxylic acids is 2. The van der Waals surface area contributed by atoms with Crippen LogP contribution in [0.15, 0.2) is 53.9 Å². The van der Waals surface area contributed by atoms with Crippen molar-refractivity contribution in [2.75, 3.05) is 20.3 Å². The van der Waals surface area contributed by atoms with Crippen LogP contribution in [-0.4, -0.2) is 48.2 Å². The van der Waals surface area contributed by atoms with Gasteiger partial charge in [-0.05, 0) is 37.5 Å². The topological polar surface area (TPSA) is 90.0 Å². The van der Waals surface area contributed by atoms with Crippen molar-refractivity contribution in [2.45, 2.75) is 38.5 Å². The first kappa shape index (κ1) is 23.1. The molecule has 0 aliphatic carbocycles. The number of pyridine rings is 1. The second kappa shape index (κ2) is 10.2. The zero-order valence-electron chi connectivity index (χ0n) is 18.5. The fourth-order valence-corrected chi connectivity index (χ4v) is 4.22. The summed E-state index contributed by atoms with van der Waals surface area (Å²) in [6.07, 6.45) is 3.31. The largest absolute Gasteiger partial charge is 0.496 e. The molecule has 1 aromatic carbocycles. The minimum Gasteiger partial charge on any atom is -0.496 e. The number of benzene rings is 1. The number of allylic oxidation sites excluding steroid dienone is 1. The van der Waals surface area contributed by atoms with Gasteiger partial charge in [-0.3, -0.25) is 4.90 Å². The summed E-state index contributed by atoms with van der Waals surface area (Å²) in [5, 5.41) is 3.24. The number of methoxy groups -OCH3 is 1. The first-order chi connectivity index (χ1) is 16.0. The Kier molecular flexibility index (Phi) is 7.15. The quantitative estimate of drug-likeness (QED) is 0.485. The van der Waals surface area contributed by atoms with Gasteiger partial charge < -0.3 is 19.5 Å². The van der Waals surface area contributed by atoms with Crippen molar-refractivity contribution in [3.05, 3.63) is 70.1 Å². The molecule has 2 atom stereocenters. The molecule has 2 aliphatic rings. The van der Waals surface area contributed by atoms with Crippen LogP contribution in [0.4, 0.5) is 4.79 Å². The Balaban J connectivity index is 1.64. The maximum Gasteiger partial charge on any atom is 0.338 e.